The fourth-order valence-electron chi connectivity index (χ4n) is 2.45. The van der Waals surface area contributed by atoms with Crippen molar-refractivity contribution in [2.75, 3.05) is 5.32 Å². The molecular weight excluding hydrogens is 348 g/mol. The van der Waals surface area contributed by atoms with E-state index in [0.717, 1.165) is 12.1 Å². The summed E-state index contributed by atoms with van der Waals surface area (Å²) in [5.41, 5.74) is 1.39. The van der Waals surface area contributed by atoms with E-state index in [1.807, 2.05) is 13.1 Å². The van der Waals surface area contributed by atoms with E-state index >= 15 is 0 Å². The van der Waals surface area contributed by atoms with Crippen LogP contribution in [0.25, 0.3) is 6.08 Å². The molecule has 0 spiro atoms. The first-order chi connectivity index (χ1) is 13.1. The first-order valence-corrected chi connectivity index (χ1v) is 8.41. The summed E-state index contributed by atoms with van der Waals surface area (Å²) in [6.45, 7) is 2.98. The molecule has 0 fully saturated rings. The standard InChI is InChI=1S/C18H20N6O3/c1-3-24-12-13(9-21-24)6-7-16(25)22-15-11-20-23(2)17(15)18(26)19-10-14-5-4-8-27-14/h4-9,11-12H,3,10H2,1-2H3,(H,19,26)(H,22,25)/b7-6+. The van der Waals surface area contributed by atoms with Crippen LogP contribution in [0.2, 0.25) is 0 Å². The van der Waals surface area contributed by atoms with Crippen LogP contribution in [0, 0.1) is 0 Å². The normalized spacial score (nSPS) is 11.0. The van der Waals surface area contributed by atoms with Gasteiger partial charge in [0.25, 0.3) is 5.91 Å². The Balaban J connectivity index is 1.64. The summed E-state index contributed by atoms with van der Waals surface area (Å²) >= 11 is 0. The Labute approximate surface area is 155 Å². The lowest BCUT2D eigenvalue weighted by molar-refractivity contribution is -0.111. The maximum absolute atomic E-state index is 12.4. The predicted molar refractivity (Wildman–Crippen MR) is 98.7 cm³/mol. The lowest BCUT2D eigenvalue weighted by atomic mass is 10.3. The highest BCUT2D eigenvalue weighted by atomic mass is 16.3. The molecule has 3 aromatic rings. The minimum absolute atomic E-state index is 0.242. The van der Waals surface area contributed by atoms with Gasteiger partial charge in [-0.25, -0.2) is 0 Å². The number of anilines is 1. The lowest BCUT2D eigenvalue weighted by Gasteiger charge is -2.07. The molecule has 3 rings (SSSR count). The van der Waals surface area contributed by atoms with Gasteiger partial charge in [0.05, 0.1) is 30.9 Å². The zero-order valence-corrected chi connectivity index (χ0v) is 15.0. The van der Waals surface area contributed by atoms with E-state index in [0.29, 0.717) is 11.4 Å². The number of hydrogen-bond donors (Lipinski definition) is 2. The van der Waals surface area contributed by atoms with Crippen molar-refractivity contribution in [1.29, 1.82) is 0 Å². The Morgan fingerprint density at radius 2 is 2.15 bits per heavy atom. The number of amides is 2. The largest absolute Gasteiger partial charge is 0.467 e. The van der Waals surface area contributed by atoms with Crippen LogP contribution in [-0.4, -0.2) is 31.4 Å². The van der Waals surface area contributed by atoms with Gasteiger partial charge in [-0.1, -0.05) is 0 Å². The quantitative estimate of drug-likeness (QED) is 0.619. The van der Waals surface area contributed by atoms with Gasteiger partial charge in [0, 0.05) is 31.4 Å². The summed E-state index contributed by atoms with van der Waals surface area (Å²) in [5, 5.41) is 13.6. The minimum Gasteiger partial charge on any atom is -0.467 e. The Bertz CT molecular complexity index is 952. The topological polar surface area (TPSA) is 107 Å². The maximum Gasteiger partial charge on any atom is 0.272 e. The number of furan rings is 1. The smallest absolute Gasteiger partial charge is 0.272 e. The van der Waals surface area contributed by atoms with Crippen molar-refractivity contribution < 1.29 is 14.0 Å². The van der Waals surface area contributed by atoms with Gasteiger partial charge in [0.1, 0.15) is 11.5 Å². The molecule has 140 valence electrons. The van der Waals surface area contributed by atoms with Crippen LogP contribution < -0.4 is 10.6 Å². The van der Waals surface area contributed by atoms with Crippen LogP contribution in [0.5, 0.6) is 0 Å². The van der Waals surface area contributed by atoms with Crippen molar-refractivity contribution in [3.05, 3.63) is 60.1 Å². The molecule has 9 nitrogen and oxygen atoms in total. The van der Waals surface area contributed by atoms with Crippen LogP contribution >= 0.6 is 0 Å². The van der Waals surface area contributed by atoms with Crippen molar-refractivity contribution in [1.82, 2.24) is 24.9 Å². The van der Waals surface area contributed by atoms with Crippen molar-refractivity contribution in [2.24, 2.45) is 7.05 Å². The molecule has 2 N–H and O–H groups in total. The summed E-state index contributed by atoms with van der Waals surface area (Å²) in [6.07, 6.45) is 9.51. The number of aromatic nitrogens is 4. The molecule has 0 atom stereocenters. The van der Waals surface area contributed by atoms with Crippen molar-refractivity contribution >= 4 is 23.6 Å². The second-order valence-electron chi connectivity index (χ2n) is 5.74. The second kappa shape index (κ2) is 8.17. The molecule has 0 unspecified atom stereocenters. The van der Waals surface area contributed by atoms with Crippen LogP contribution in [0.3, 0.4) is 0 Å². The number of nitrogens with zero attached hydrogens (tertiary/aromatic N) is 4. The zero-order valence-electron chi connectivity index (χ0n) is 15.0. The van der Waals surface area contributed by atoms with E-state index < -0.39 is 0 Å². The Morgan fingerprint density at radius 1 is 1.30 bits per heavy atom. The van der Waals surface area contributed by atoms with E-state index in [4.69, 9.17) is 4.42 Å². The molecule has 0 aliphatic carbocycles. The third-order valence-corrected chi connectivity index (χ3v) is 3.82. The number of carbonyl (C=O) groups is 2. The van der Waals surface area contributed by atoms with Gasteiger partial charge >= 0.3 is 0 Å². The van der Waals surface area contributed by atoms with Crippen LogP contribution in [0.4, 0.5) is 5.69 Å². The van der Waals surface area contributed by atoms with Crippen molar-refractivity contribution in [3.63, 3.8) is 0 Å². The van der Waals surface area contributed by atoms with E-state index in [9.17, 15) is 9.59 Å². The second-order valence-corrected chi connectivity index (χ2v) is 5.74. The molecule has 0 saturated heterocycles. The van der Waals surface area contributed by atoms with Gasteiger partial charge in [-0.2, -0.15) is 10.2 Å². The molecule has 0 aliphatic rings. The molecule has 9 heteroatoms. The molecule has 0 saturated carbocycles. The summed E-state index contributed by atoms with van der Waals surface area (Å²) in [6, 6.07) is 3.51. The summed E-state index contributed by atoms with van der Waals surface area (Å²) in [4.78, 5) is 24.6. The van der Waals surface area contributed by atoms with Gasteiger partial charge in [-0.3, -0.25) is 19.0 Å². The number of rotatable bonds is 7. The molecule has 0 radical (unpaired) electrons. The SMILES string of the molecule is CCn1cc(/C=C/C(=O)Nc2cnn(C)c2C(=O)NCc2ccco2)cn1. The number of carbonyl (C=O) groups excluding carboxylic acids is 2. The molecule has 3 heterocycles. The first kappa shape index (κ1) is 18.2. The number of nitrogens with one attached hydrogen (secondary N) is 2. The number of aryl methyl sites for hydroxylation is 2. The van der Waals surface area contributed by atoms with Crippen LogP contribution in [-0.2, 0) is 24.9 Å². The van der Waals surface area contributed by atoms with E-state index in [1.165, 1.54) is 23.2 Å². The highest BCUT2D eigenvalue weighted by molar-refractivity contribution is 6.06. The Kier molecular flexibility index (Phi) is 5.50. The van der Waals surface area contributed by atoms with Crippen LogP contribution in [0.1, 0.15) is 28.7 Å². The highest BCUT2D eigenvalue weighted by Crippen LogP contribution is 2.15. The fourth-order valence-corrected chi connectivity index (χ4v) is 2.45. The Morgan fingerprint density at radius 3 is 2.85 bits per heavy atom. The zero-order chi connectivity index (χ0) is 19.2. The average molecular weight is 368 g/mol. The third kappa shape index (κ3) is 4.51. The lowest BCUT2D eigenvalue weighted by Crippen LogP contribution is -2.26. The molecule has 0 bridgehead atoms. The molecule has 0 aromatic carbocycles. The first-order valence-electron chi connectivity index (χ1n) is 8.41. The summed E-state index contributed by atoms with van der Waals surface area (Å²) in [7, 11) is 1.63. The summed E-state index contributed by atoms with van der Waals surface area (Å²) < 4.78 is 8.36. The van der Waals surface area contributed by atoms with E-state index in [-0.39, 0.29) is 24.1 Å². The molecule has 27 heavy (non-hydrogen) atoms. The van der Waals surface area contributed by atoms with Gasteiger partial charge in [0.2, 0.25) is 5.91 Å². The van der Waals surface area contributed by atoms with Gasteiger partial charge in [0.15, 0.2) is 0 Å². The third-order valence-electron chi connectivity index (χ3n) is 3.82. The average Bonchev–Trinajstić information content (AvgIpc) is 3.40. The molecule has 3 aromatic heterocycles. The fraction of sp³-hybridized carbons (Fsp3) is 0.222. The molecule has 0 aliphatic heterocycles. The predicted octanol–water partition coefficient (Wildman–Crippen LogP) is 1.81. The number of hydrogen-bond acceptors (Lipinski definition) is 5. The molecule has 2 amide bonds. The van der Waals surface area contributed by atoms with E-state index in [1.54, 1.807) is 36.1 Å². The summed E-state index contributed by atoms with van der Waals surface area (Å²) in [5.74, 6) is -0.103. The van der Waals surface area contributed by atoms with Crippen LogP contribution in [0.15, 0.2) is 47.5 Å². The van der Waals surface area contributed by atoms with Gasteiger partial charge in [-0.05, 0) is 25.1 Å². The monoisotopic (exact) mass is 368 g/mol. The molecular formula is C18H20N6O3. The van der Waals surface area contributed by atoms with E-state index in [2.05, 4.69) is 20.8 Å². The highest BCUT2D eigenvalue weighted by Gasteiger charge is 2.18. The van der Waals surface area contributed by atoms with Gasteiger partial charge < -0.3 is 15.1 Å². The van der Waals surface area contributed by atoms with Crippen molar-refractivity contribution in [2.45, 2.75) is 20.0 Å². The Hall–Kier alpha value is -3.62. The van der Waals surface area contributed by atoms with Crippen molar-refractivity contribution in [3.8, 4) is 0 Å². The maximum atomic E-state index is 12.4. The van der Waals surface area contributed by atoms with Gasteiger partial charge in [-0.15, -0.1) is 0 Å². The minimum atomic E-state index is -0.368.